The highest BCUT2D eigenvalue weighted by Crippen LogP contribution is 2.10. The van der Waals surface area contributed by atoms with Gasteiger partial charge in [0.25, 0.3) is 0 Å². The zero-order chi connectivity index (χ0) is 14.4. The molecular formula is C14H19N3O3. The third-order valence-electron chi connectivity index (χ3n) is 3.17. The van der Waals surface area contributed by atoms with Crippen LogP contribution >= 0.6 is 0 Å². The first-order chi connectivity index (χ1) is 9.69. The Bertz CT molecular complexity index is 467. The molecule has 0 aromatic heterocycles. The minimum absolute atomic E-state index is 0.0438. The van der Waals surface area contributed by atoms with Gasteiger partial charge in [-0.05, 0) is 24.3 Å². The molecule has 0 saturated carbocycles. The number of methoxy groups -OCH3 is 1. The van der Waals surface area contributed by atoms with E-state index in [1.54, 1.807) is 24.3 Å². The van der Waals surface area contributed by atoms with E-state index < -0.39 is 0 Å². The molecule has 20 heavy (non-hydrogen) atoms. The fraction of sp³-hybridized carbons (Fsp3) is 0.429. The van der Waals surface area contributed by atoms with Crippen molar-refractivity contribution in [2.45, 2.75) is 0 Å². The average molecular weight is 277 g/mol. The van der Waals surface area contributed by atoms with Crippen LogP contribution in [-0.2, 0) is 9.53 Å². The van der Waals surface area contributed by atoms with E-state index in [-0.39, 0.29) is 11.9 Å². The second-order valence-electron chi connectivity index (χ2n) is 4.64. The Morgan fingerprint density at radius 2 is 1.90 bits per heavy atom. The summed E-state index contributed by atoms with van der Waals surface area (Å²) in [6.07, 6.45) is 0. The van der Waals surface area contributed by atoms with Crippen molar-refractivity contribution in [3.05, 3.63) is 29.8 Å². The summed E-state index contributed by atoms with van der Waals surface area (Å²) in [5.41, 5.74) is 1.14. The van der Waals surface area contributed by atoms with Crippen LogP contribution in [0.1, 0.15) is 10.4 Å². The van der Waals surface area contributed by atoms with Crippen LogP contribution in [0.3, 0.4) is 0 Å². The van der Waals surface area contributed by atoms with Gasteiger partial charge < -0.3 is 15.4 Å². The topological polar surface area (TPSA) is 70.7 Å². The molecule has 1 saturated heterocycles. The summed E-state index contributed by atoms with van der Waals surface area (Å²) in [5, 5.41) is 6.06. The Hall–Kier alpha value is -1.92. The summed E-state index contributed by atoms with van der Waals surface area (Å²) in [6.45, 7) is 3.99. The van der Waals surface area contributed by atoms with Crippen LogP contribution in [0.25, 0.3) is 0 Å². The van der Waals surface area contributed by atoms with Gasteiger partial charge in [-0.1, -0.05) is 0 Å². The molecule has 108 valence electrons. The number of carbonyl (C=O) groups is 2. The second-order valence-corrected chi connectivity index (χ2v) is 4.64. The molecule has 1 amide bonds. The molecule has 0 radical (unpaired) electrons. The molecule has 1 heterocycles. The summed E-state index contributed by atoms with van der Waals surface area (Å²) in [6, 6.07) is 6.66. The number of amides is 1. The molecule has 0 bridgehead atoms. The van der Waals surface area contributed by atoms with Crippen LogP contribution in [0.2, 0.25) is 0 Å². The molecule has 0 spiro atoms. The number of anilines is 1. The number of rotatable bonds is 4. The van der Waals surface area contributed by atoms with Gasteiger partial charge in [0.1, 0.15) is 0 Å². The maximum atomic E-state index is 11.9. The number of nitrogens with zero attached hydrogens (tertiary/aromatic N) is 1. The van der Waals surface area contributed by atoms with Crippen molar-refractivity contribution < 1.29 is 14.3 Å². The maximum Gasteiger partial charge on any atom is 0.337 e. The maximum absolute atomic E-state index is 11.9. The van der Waals surface area contributed by atoms with Gasteiger partial charge in [0.05, 0.1) is 19.2 Å². The van der Waals surface area contributed by atoms with Gasteiger partial charge in [0.2, 0.25) is 5.91 Å². The molecule has 0 atom stereocenters. The lowest BCUT2D eigenvalue weighted by Crippen LogP contribution is -2.46. The molecule has 2 rings (SSSR count). The zero-order valence-electron chi connectivity index (χ0n) is 11.5. The lowest BCUT2D eigenvalue weighted by Gasteiger charge is -2.26. The molecule has 0 aliphatic carbocycles. The van der Waals surface area contributed by atoms with Crippen molar-refractivity contribution in [2.75, 3.05) is 45.2 Å². The first-order valence-electron chi connectivity index (χ1n) is 6.60. The quantitative estimate of drug-likeness (QED) is 0.776. The second kappa shape index (κ2) is 7.02. The van der Waals surface area contributed by atoms with Crippen molar-refractivity contribution in [3.8, 4) is 0 Å². The summed E-state index contributed by atoms with van der Waals surface area (Å²) < 4.78 is 4.62. The number of ether oxygens (including phenoxy) is 1. The molecule has 2 N–H and O–H groups in total. The van der Waals surface area contributed by atoms with Crippen molar-refractivity contribution in [3.63, 3.8) is 0 Å². The van der Waals surface area contributed by atoms with Gasteiger partial charge >= 0.3 is 5.97 Å². The monoisotopic (exact) mass is 277 g/mol. The predicted octanol–water partition coefficient (Wildman–Crippen LogP) is 0.317. The standard InChI is InChI=1S/C14H19N3O3/c1-20-14(19)11-2-4-12(5-3-11)16-13(18)10-17-8-6-15-7-9-17/h2-5,15H,6-10H2,1H3,(H,16,18). The van der Waals surface area contributed by atoms with E-state index in [2.05, 4.69) is 20.3 Å². The number of hydrogen-bond donors (Lipinski definition) is 2. The SMILES string of the molecule is COC(=O)c1ccc(NC(=O)CN2CCNCC2)cc1. The zero-order valence-corrected chi connectivity index (χ0v) is 11.5. The fourth-order valence-electron chi connectivity index (χ4n) is 2.08. The summed E-state index contributed by atoms with van der Waals surface area (Å²) >= 11 is 0. The van der Waals surface area contributed by atoms with Crippen molar-refractivity contribution in [1.29, 1.82) is 0 Å². The summed E-state index contributed by atoms with van der Waals surface area (Å²) in [5.74, 6) is -0.429. The lowest BCUT2D eigenvalue weighted by atomic mass is 10.2. The van der Waals surface area contributed by atoms with E-state index in [1.807, 2.05) is 0 Å². The molecule has 6 nitrogen and oxygen atoms in total. The molecule has 1 fully saturated rings. The third-order valence-corrected chi connectivity index (χ3v) is 3.17. The molecule has 1 aliphatic heterocycles. The smallest absolute Gasteiger partial charge is 0.337 e. The predicted molar refractivity (Wildman–Crippen MR) is 75.7 cm³/mol. The molecule has 1 aromatic carbocycles. The van der Waals surface area contributed by atoms with Crippen LogP contribution in [0.4, 0.5) is 5.69 Å². The number of carbonyl (C=O) groups excluding carboxylic acids is 2. The molecule has 1 aliphatic rings. The van der Waals surface area contributed by atoms with Gasteiger partial charge in [-0.15, -0.1) is 0 Å². The van der Waals surface area contributed by atoms with Crippen molar-refractivity contribution >= 4 is 17.6 Å². The molecule has 1 aromatic rings. The molecular weight excluding hydrogens is 258 g/mol. The molecule has 0 unspecified atom stereocenters. The van der Waals surface area contributed by atoms with E-state index in [0.717, 1.165) is 26.2 Å². The number of benzene rings is 1. The van der Waals surface area contributed by atoms with Crippen LogP contribution < -0.4 is 10.6 Å². The van der Waals surface area contributed by atoms with E-state index in [0.29, 0.717) is 17.8 Å². The number of esters is 1. The first kappa shape index (κ1) is 14.5. The molecule has 6 heteroatoms. The van der Waals surface area contributed by atoms with Gasteiger partial charge in [-0.25, -0.2) is 4.79 Å². The first-order valence-corrected chi connectivity index (χ1v) is 6.60. The van der Waals surface area contributed by atoms with Crippen LogP contribution in [0, 0.1) is 0 Å². The van der Waals surface area contributed by atoms with Gasteiger partial charge in [-0.3, -0.25) is 9.69 Å². The minimum Gasteiger partial charge on any atom is -0.465 e. The Balaban J connectivity index is 1.85. The van der Waals surface area contributed by atoms with E-state index >= 15 is 0 Å². The lowest BCUT2D eigenvalue weighted by molar-refractivity contribution is -0.117. The van der Waals surface area contributed by atoms with Crippen molar-refractivity contribution in [2.24, 2.45) is 0 Å². The highest BCUT2D eigenvalue weighted by molar-refractivity contribution is 5.93. The Morgan fingerprint density at radius 3 is 2.50 bits per heavy atom. The van der Waals surface area contributed by atoms with E-state index in [9.17, 15) is 9.59 Å². The Kier molecular flexibility index (Phi) is 5.09. The largest absolute Gasteiger partial charge is 0.465 e. The Morgan fingerprint density at radius 1 is 1.25 bits per heavy atom. The third kappa shape index (κ3) is 4.04. The highest BCUT2D eigenvalue weighted by atomic mass is 16.5. The van der Waals surface area contributed by atoms with E-state index in [4.69, 9.17) is 0 Å². The van der Waals surface area contributed by atoms with Gasteiger partial charge in [0, 0.05) is 31.9 Å². The van der Waals surface area contributed by atoms with Crippen molar-refractivity contribution in [1.82, 2.24) is 10.2 Å². The highest BCUT2D eigenvalue weighted by Gasteiger charge is 2.13. The van der Waals surface area contributed by atoms with Gasteiger partial charge in [-0.2, -0.15) is 0 Å². The number of hydrogen-bond acceptors (Lipinski definition) is 5. The van der Waals surface area contributed by atoms with E-state index in [1.165, 1.54) is 7.11 Å². The Labute approximate surface area is 118 Å². The van der Waals surface area contributed by atoms with Crippen LogP contribution in [0.5, 0.6) is 0 Å². The fourth-order valence-corrected chi connectivity index (χ4v) is 2.08. The number of piperazine rings is 1. The van der Waals surface area contributed by atoms with Crippen LogP contribution in [-0.4, -0.2) is 56.6 Å². The van der Waals surface area contributed by atoms with Crippen LogP contribution in [0.15, 0.2) is 24.3 Å². The normalized spacial score (nSPS) is 15.7. The number of nitrogens with one attached hydrogen (secondary N) is 2. The summed E-state index contributed by atoms with van der Waals surface area (Å²) in [4.78, 5) is 25.3. The minimum atomic E-state index is -0.385. The van der Waals surface area contributed by atoms with Gasteiger partial charge in [0.15, 0.2) is 0 Å². The average Bonchev–Trinajstić information content (AvgIpc) is 2.48. The summed E-state index contributed by atoms with van der Waals surface area (Å²) in [7, 11) is 1.34.